The van der Waals surface area contributed by atoms with Crippen LogP contribution < -0.4 is 0 Å². The van der Waals surface area contributed by atoms with Crippen molar-refractivity contribution < 1.29 is 0 Å². The molecule has 0 bridgehead atoms. The van der Waals surface area contributed by atoms with Gasteiger partial charge in [-0.25, -0.2) is 0 Å². The lowest BCUT2D eigenvalue weighted by Crippen LogP contribution is -1.94. The molecule has 0 atom stereocenters. The predicted octanol–water partition coefficient (Wildman–Crippen LogP) is 14.2. The summed E-state index contributed by atoms with van der Waals surface area (Å²) in [5.74, 6) is 0. The molecule has 0 aliphatic heterocycles. The summed E-state index contributed by atoms with van der Waals surface area (Å²) in [6, 6.07) is 71.5. The minimum atomic E-state index is 1.16. The molecule has 0 unspecified atom stereocenters. The van der Waals surface area contributed by atoms with Gasteiger partial charge in [-0.05, 0) is 109 Å². The number of fused-ring (bicyclic) bond motifs is 14. The second kappa shape index (κ2) is 11.2. The Kier molecular flexibility index (Phi) is 6.09. The molecule has 10 aromatic carbocycles. The van der Waals surface area contributed by atoms with Crippen LogP contribution in [0.5, 0.6) is 0 Å². The van der Waals surface area contributed by atoms with Gasteiger partial charge in [0, 0.05) is 38.3 Å². The first-order valence-corrected chi connectivity index (χ1v) is 18.7. The molecule has 0 aliphatic carbocycles. The number of hydrogen-bond donors (Lipinski definition) is 0. The van der Waals surface area contributed by atoms with Gasteiger partial charge in [-0.3, -0.25) is 0 Å². The van der Waals surface area contributed by atoms with E-state index in [0.717, 1.165) is 11.4 Å². The van der Waals surface area contributed by atoms with Gasteiger partial charge >= 0.3 is 0 Å². The molecule has 0 amide bonds. The smallest absolute Gasteiger partial charge is 0.0547 e. The number of rotatable bonds is 3. The van der Waals surface area contributed by atoms with Crippen molar-refractivity contribution in [1.29, 1.82) is 0 Å². The quantitative estimate of drug-likeness (QED) is 0.164. The van der Waals surface area contributed by atoms with Crippen LogP contribution in [0.1, 0.15) is 0 Å². The molecule has 0 aliphatic rings. The Labute approximate surface area is 311 Å². The summed E-state index contributed by atoms with van der Waals surface area (Å²) < 4.78 is 4.88. The zero-order chi connectivity index (χ0) is 35.3. The van der Waals surface area contributed by atoms with Crippen LogP contribution in [0.3, 0.4) is 0 Å². The lowest BCUT2D eigenvalue weighted by atomic mass is 9.91. The molecule has 2 aromatic heterocycles. The summed E-state index contributed by atoms with van der Waals surface area (Å²) in [5.41, 5.74) is 9.58. The Morgan fingerprint density at radius 3 is 1.43 bits per heavy atom. The van der Waals surface area contributed by atoms with Gasteiger partial charge in [-0.15, -0.1) is 0 Å². The fourth-order valence-electron chi connectivity index (χ4n) is 9.28. The van der Waals surface area contributed by atoms with E-state index in [4.69, 9.17) is 0 Å². The molecule has 54 heavy (non-hydrogen) atoms. The summed E-state index contributed by atoms with van der Waals surface area (Å²) in [6.45, 7) is 0. The molecule has 0 spiro atoms. The first kappa shape index (κ1) is 29.4. The van der Waals surface area contributed by atoms with Gasteiger partial charge in [0.2, 0.25) is 0 Å². The van der Waals surface area contributed by atoms with E-state index < -0.39 is 0 Å². The maximum atomic E-state index is 2.44. The van der Waals surface area contributed by atoms with Crippen LogP contribution in [0.2, 0.25) is 0 Å². The molecule has 0 radical (unpaired) electrons. The van der Waals surface area contributed by atoms with Crippen molar-refractivity contribution in [2.45, 2.75) is 0 Å². The van der Waals surface area contributed by atoms with Crippen molar-refractivity contribution in [3.05, 3.63) is 194 Å². The molecule has 0 saturated heterocycles. The third-order valence-electron chi connectivity index (χ3n) is 11.6. The summed E-state index contributed by atoms with van der Waals surface area (Å²) in [6.07, 6.45) is 0. The Morgan fingerprint density at radius 2 is 0.722 bits per heavy atom. The highest BCUT2D eigenvalue weighted by Crippen LogP contribution is 2.45. The van der Waals surface area contributed by atoms with Crippen molar-refractivity contribution in [3.8, 4) is 22.5 Å². The molecule has 12 rings (SSSR count). The number of hydrogen-bond acceptors (Lipinski definition) is 0. The Balaban J connectivity index is 1.19. The molecule has 12 aromatic rings. The van der Waals surface area contributed by atoms with E-state index in [0.29, 0.717) is 0 Å². The monoisotopic (exact) mass is 684 g/mol. The van der Waals surface area contributed by atoms with Crippen LogP contribution in [0.25, 0.3) is 109 Å². The highest BCUT2D eigenvalue weighted by molar-refractivity contribution is 6.35. The number of aromatic nitrogens is 2. The van der Waals surface area contributed by atoms with Crippen LogP contribution >= 0.6 is 0 Å². The van der Waals surface area contributed by atoms with E-state index in [1.165, 1.54) is 97.8 Å². The zero-order valence-corrected chi connectivity index (χ0v) is 29.4. The summed E-state index contributed by atoms with van der Waals surface area (Å²) in [4.78, 5) is 0. The Bertz CT molecular complexity index is 3440. The predicted molar refractivity (Wildman–Crippen MR) is 231 cm³/mol. The van der Waals surface area contributed by atoms with Gasteiger partial charge in [-0.1, -0.05) is 133 Å². The fourth-order valence-corrected chi connectivity index (χ4v) is 9.28. The SMILES string of the molecule is c1ccc(-n2c3cc(-c4ccc5c(c4)c4c6c7ccccc7c7ccccc7c6ccc4n5-c4ccccc4)ccc3c3cc4ccccc4cc32)cc1. The molecular weight excluding hydrogens is 653 g/mol. The van der Waals surface area contributed by atoms with Gasteiger partial charge in [0.05, 0.1) is 22.1 Å². The average Bonchev–Trinajstić information content (AvgIpc) is 3.75. The molecule has 250 valence electrons. The van der Waals surface area contributed by atoms with Gasteiger partial charge in [-0.2, -0.15) is 0 Å². The Morgan fingerprint density at radius 1 is 0.241 bits per heavy atom. The molecule has 0 saturated carbocycles. The first-order chi connectivity index (χ1) is 26.8. The molecular formula is C52H32N2. The number of para-hydroxylation sites is 2. The van der Waals surface area contributed by atoms with E-state index in [9.17, 15) is 0 Å². The molecule has 2 heteroatoms. The average molecular weight is 685 g/mol. The van der Waals surface area contributed by atoms with Gasteiger partial charge < -0.3 is 9.13 Å². The summed E-state index contributed by atoms with van der Waals surface area (Å²) in [5, 5.41) is 15.3. The molecule has 2 heterocycles. The van der Waals surface area contributed by atoms with Crippen molar-refractivity contribution >= 4 is 86.7 Å². The molecule has 2 nitrogen and oxygen atoms in total. The minimum Gasteiger partial charge on any atom is -0.309 e. The van der Waals surface area contributed by atoms with E-state index in [1.807, 2.05) is 0 Å². The van der Waals surface area contributed by atoms with Crippen LogP contribution in [-0.4, -0.2) is 9.13 Å². The fraction of sp³-hybridized carbons (Fsp3) is 0. The maximum Gasteiger partial charge on any atom is 0.0547 e. The minimum absolute atomic E-state index is 1.16. The highest BCUT2D eigenvalue weighted by atomic mass is 15.0. The second-order valence-electron chi connectivity index (χ2n) is 14.5. The zero-order valence-electron chi connectivity index (χ0n) is 29.4. The normalized spacial score (nSPS) is 12.1. The van der Waals surface area contributed by atoms with Crippen LogP contribution in [-0.2, 0) is 0 Å². The standard InChI is InChI=1S/C52H32N2/c1-3-15-37(16-4-1)53-47-27-24-35(30-46(47)52-48(53)28-26-44-41-21-10-9-19-39(41)40-20-11-12-22-43(40)51(44)52)36-23-25-42-45-29-33-13-7-8-14-34(33)31-50(45)54(49(42)32-36)38-17-5-2-6-18-38/h1-32H. The van der Waals surface area contributed by atoms with Gasteiger partial charge in [0.25, 0.3) is 0 Å². The first-order valence-electron chi connectivity index (χ1n) is 18.7. The van der Waals surface area contributed by atoms with Crippen molar-refractivity contribution in [3.63, 3.8) is 0 Å². The summed E-state index contributed by atoms with van der Waals surface area (Å²) >= 11 is 0. The van der Waals surface area contributed by atoms with Crippen molar-refractivity contribution in [2.75, 3.05) is 0 Å². The van der Waals surface area contributed by atoms with Crippen LogP contribution in [0.4, 0.5) is 0 Å². The number of benzene rings is 10. The van der Waals surface area contributed by atoms with Crippen LogP contribution in [0.15, 0.2) is 194 Å². The maximum absolute atomic E-state index is 2.44. The van der Waals surface area contributed by atoms with E-state index in [1.54, 1.807) is 0 Å². The van der Waals surface area contributed by atoms with Crippen molar-refractivity contribution in [1.82, 2.24) is 9.13 Å². The van der Waals surface area contributed by atoms with Crippen LogP contribution in [0, 0.1) is 0 Å². The van der Waals surface area contributed by atoms with E-state index in [-0.39, 0.29) is 0 Å². The highest BCUT2D eigenvalue weighted by Gasteiger charge is 2.20. The lowest BCUT2D eigenvalue weighted by Gasteiger charge is -2.12. The van der Waals surface area contributed by atoms with Crippen molar-refractivity contribution in [2.24, 2.45) is 0 Å². The topological polar surface area (TPSA) is 9.86 Å². The second-order valence-corrected chi connectivity index (χ2v) is 14.5. The third kappa shape index (κ3) is 4.11. The molecule has 0 N–H and O–H groups in total. The largest absolute Gasteiger partial charge is 0.309 e. The summed E-state index contributed by atoms with van der Waals surface area (Å²) in [7, 11) is 0. The van der Waals surface area contributed by atoms with Gasteiger partial charge in [0.15, 0.2) is 0 Å². The number of nitrogens with zero attached hydrogens (tertiary/aromatic N) is 2. The Hall–Kier alpha value is -7.16. The lowest BCUT2D eigenvalue weighted by molar-refractivity contribution is 1.18. The molecule has 0 fully saturated rings. The third-order valence-corrected chi connectivity index (χ3v) is 11.6. The van der Waals surface area contributed by atoms with Gasteiger partial charge in [0.1, 0.15) is 0 Å². The van der Waals surface area contributed by atoms with E-state index >= 15 is 0 Å². The van der Waals surface area contributed by atoms with E-state index in [2.05, 4.69) is 203 Å².